The molecule has 1 aromatic carbocycles. The molecule has 0 aliphatic rings. The second kappa shape index (κ2) is 5.23. The van der Waals surface area contributed by atoms with Crippen LogP contribution in [0.3, 0.4) is 0 Å². The number of carbonyl (C=O) groups is 1. The van der Waals surface area contributed by atoms with Crippen LogP contribution in [-0.4, -0.2) is 17.2 Å². The molecule has 76 valence electrons. The number of hydrogen-bond acceptors (Lipinski definition) is 1. The van der Waals surface area contributed by atoms with Crippen LogP contribution in [0.1, 0.15) is 5.56 Å². The topological polar surface area (TPSA) is 29.1 Å². The summed E-state index contributed by atoms with van der Waals surface area (Å²) in [6, 6.07) is 7.50. The number of benzene rings is 1. The Balaban J connectivity index is 2.70. The zero-order valence-corrected chi connectivity index (χ0v) is 9.27. The van der Waals surface area contributed by atoms with E-state index in [-0.39, 0.29) is 11.8 Å². The van der Waals surface area contributed by atoms with Crippen molar-refractivity contribution in [3.63, 3.8) is 0 Å². The molecule has 1 N–H and O–H groups in total. The number of rotatable bonds is 3. The van der Waals surface area contributed by atoms with Gasteiger partial charge < -0.3 is 5.32 Å². The molecule has 1 atom stereocenters. The number of aryl methyl sites for hydroxylation is 1. The zero-order valence-electron chi connectivity index (χ0n) is 7.76. The first kappa shape index (κ1) is 11.3. The van der Waals surface area contributed by atoms with Crippen LogP contribution in [0.15, 0.2) is 24.3 Å². The van der Waals surface area contributed by atoms with Gasteiger partial charge in [-0.05, 0) is 18.6 Å². The van der Waals surface area contributed by atoms with Crippen LogP contribution >= 0.6 is 23.2 Å². The van der Waals surface area contributed by atoms with Gasteiger partial charge in [0, 0.05) is 11.6 Å². The molecule has 0 aliphatic heterocycles. The van der Waals surface area contributed by atoms with Gasteiger partial charge in [0.05, 0.1) is 0 Å². The molecule has 2 nitrogen and oxygen atoms in total. The van der Waals surface area contributed by atoms with E-state index in [0.717, 1.165) is 11.3 Å². The normalized spacial score (nSPS) is 12.2. The van der Waals surface area contributed by atoms with Gasteiger partial charge in [-0.25, -0.2) is 0 Å². The molecule has 0 saturated heterocycles. The molecule has 0 bridgehead atoms. The van der Waals surface area contributed by atoms with E-state index in [0.29, 0.717) is 0 Å². The Bertz CT molecular complexity index is 328. The highest BCUT2D eigenvalue weighted by Crippen LogP contribution is 2.14. The fraction of sp³-hybridized carbons (Fsp3) is 0.300. The quantitative estimate of drug-likeness (QED) is 0.797. The number of nitrogens with one attached hydrogen (secondary N) is 1. The van der Waals surface area contributed by atoms with Crippen molar-refractivity contribution in [3.8, 4) is 0 Å². The molecule has 0 spiro atoms. The lowest BCUT2D eigenvalue weighted by Gasteiger charge is -2.09. The summed E-state index contributed by atoms with van der Waals surface area (Å²) >= 11 is 11.1. The lowest BCUT2D eigenvalue weighted by molar-refractivity contribution is -0.115. The highest BCUT2D eigenvalue weighted by molar-refractivity contribution is 6.37. The summed E-state index contributed by atoms with van der Waals surface area (Å²) in [5.74, 6) is -0.157. The van der Waals surface area contributed by atoms with Gasteiger partial charge in [0.1, 0.15) is 5.38 Å². The average Bonchev–Trinajstić information content (AvgIpc) is 2.20. The zero-order chi connectivity index (χ0) is 10.6. The summed E-state index contributed by atoms with van der Waals surface area (Å²) in [6.07, 6.45) is 0. The third kappa shape index (κ3) is 2.89. The van der Waals surface area contributed by atoms with Crippen molar-refractivity contribution < 1.29 is 4.79 Å². The number of para-hydroxylation sites is 1. The molecule has 1 aromatic rings. The molecule has 0 saturated carbocycles. The average molecular weight is 232 g/mol. The third-order valence-electron chi connectivity index (χ3n) is 1.82. The van der Waals surface area contributed by atoms with E-state index in [9.17, 15) is 4.79 Å². The molecule has 14 heavy (non-hydrogen) atoms. The molecular formula is C10H11Cl2NO. The van der Waals surface area contributed by atoms with Gasteiger partial charge in [0.15, 0.2) is 0 Å². The summed E-state index contributed by atoms with van der Waals surface area (Å²) in [5.41, 5.74) is 1.77. The van der Waals surface area contributed by atoms with Crippen molar-refractivity contribution in [2.75, 3.05) is 11.2 Å². The van der Waals surface area contributed by atoms with Gasteiger partial charge in [-0.3, -0.25) is 4.79 Å². The fourth-order valence-corrected chi connectivity index (χ4v) is 1.19. The number of carbonyl (C=O) groups excluding carboxylic acids is 1. The molecule has 1 unspecified atom stereocenters. The van der Waals surface area contributed by atoms with Crippen LogP contribution < -0.4 is 5.32 Å². The minimum absolute atomic E-state index is 0.110. The van der Waals surface area contributed by atoms with Gasteiger partial charge in [0.25, 0.3) is 0 Å². The van der Waals surface area contributed by atoms with Gasteiger partial charge in [-0.1, -0.05) is 18.2 Å². The first-order valence-corrected chi connectivity index (χ1v) is 5.18. The van der Waals surface area contributed by atoms with E-state index >= 15 is 0 Å². The Morgan fingerprint density at radius 2 is 2.14 bits per heavy atom. The first-order chi connectivity index (χ1) is 6.65. The SMILES string of the molecule is Cc1ccccc1NC(=O)C(Cl)CCl. The highest BCUT2D eigenvalue weighted by Gasteiger charge is 2.14. The Labute approximate surface area is 93.2 Å². The number of hydrogen-bond donors (Lipinski definition) is 1. The third-order valence-corrected chi connectivity index (χ3v) is 2.64. The maximum atomic E-state index is 11.4. The highest BCUT2D eigenvalue weighted by atomic mass is 35.5. The number of anilines is 1. The number of alkyl halides is 2. The first-order valence-electron chi connectivity index (χ1n) is 4.21. The molecule has 0 fully saturated rings. The molecule has 1 rings (SSSR count). The summed E-state index contributed by atoms with van der Waals surface area (Å²) < 4.78 is 0. The molecule has 0 aromatic heterocycles. The summed E-state index contributed by atoms with van der Waals surface area (Å²) in [5, 5.41) is 2.02. The molecule has 0 aliphatic carbocycles. The monoisotopic (exact) mass is 231 g/mol. The molecule has 4 heteroatoms. The Morgan fingerprint density at radius 3 is 2.71 bits per heavy atom. The lowest BCUT2D eigenvalue weighted by Crippen LogP contribution is -2.24. The number of amides is 1. The maximum absolute atomic E-state index is 11.4. The van der Waals surface area contributed by atoms with E-state index in [1.807, 2.05) is 31.2 Å². The maximum Gasteiger partial charge on any atom is 0.243 e. The van der Waals surface area contributed by atoms with Crippen LogP contribution in [0.2, 0.25) is 0 Å². The minimum Gasteiger partial charge on any atom is -0.325 e. The Hall–Kier alpha value is -0.730. The van der Waals surface area contributed by atoms with Crippen molar-refractivity contribution in [2.45, 2.75) is 12.3 Å². The lowest BCUT2D eigenvalue weighted by atomic mass is 10.2. The number of halogens is 2. The largest absolute Gasteiger partial charge is 0.325 e. The predicted molar refractivity (Wildman–Crippen MR) is 60.2 cm³/mol. The van der Waals surface area contributed by atoms with Crippen molar-refractivity contribution in [3.05, 3.63) is 29.8 Å². The van der Waals surface area contributed by atoms with Gasteiger partial charge in [0.2, 0.25) is 5.91 Å². The van der Waals surface area contributed by atoms with E-state index in [4.69, 9.17) is 23.2 Å². The van der Waals surface area contributed by atoms with Gasteiger partial charge in [-0.15, -0.1) is 23.2 Å². The van der Waals surface area contributed by atoms with Crippen LogP contribution in [0.5, 0.6) is 0 Å². The van der Waals surface area contributed by atoms with Crippen molar-refractivity contribution >= 4 is 34.8 Å². The second-order valence-corrected chi connectivity index (χ2v) is 3.76. The van der Waals surface area contributed by atoms with E-state index in [1.165, 1.54) is 0 Å². The van der Waals surface area contributed by atoms with E-state index < -0.39 is 5.38 Å². The van der Waals surface area contributed by atoms with Crippen LogP contribution in [-0.2, 0) is 4.79 Å². The molecule has 1 amide bonds. The standard InChI is InChI=1S/C10H11Cl2NO/c1-7-4-2-3-5-9(7)13-10(14)8(12)6-11/h2-5,8H,6H2,1H3,(H,13,14). The predicted octanol–water partition coefficient (Wildman–Crippen LogP) is 2.78. The van der Waals surface area contributed by atoms with Gasteiger partial charge >= 0.3 is 0 Å². The van der Waals surface area contributed by atoms with Crippen molar-refractivity contribution in [2.24, 2.45) is 0 Å². The molecular weight excluding hydrogens is 221 g/mol. The molecule has 0 heterocycles. The second-order valence-electron chi connectivity index (χ2n) is 2.93. The van der Waals surface area contributed by atoms with Crippen molar-refractivity contribution in [1.29, 1.82) is 0 Å². The smallest absolute Gasteiger partial charge is 0.243 e. The Morgan fingerprint density at radius 1 is 1.50 bits per heavy atom. The van der Waals surface area contributed by atoms with Gasteiger partial charge in [-0.2, -0.15) is 0 Å². The summed E-state index contributed by atoms with van der Waals surface area (Å²) in [4.78, 5) is 11.4. The van der Waals surface area contributed by atoms with E-state index in [2.05, 4.69) is 5.32 Å². The Kier molecular flexibility index (Phi) is 4.23. The van der Waals surface area contributed by atoms with Crippen LogP contribution in [0, 0.1) is 6.92 Å². The molecule has 0 radical (unpaired) electrons. The van der Waals surface area contributed by atoms with Crippen LogP contribution in [0.4, 0.5) is 5.69 Å². The summed E-state index contributed by atoms with van der Waals surface area (Å²) in [6.45, 7) is 1.92. The van der Waals surface area contributed by atoms with E-state index in [1.54, 1.807) is 0 Å². The fourth-order valence-electron chi connectivity index (χ4n) is 0.994. The van der Waals surface area contributed by atoms with Crippen molar-refractivity contribution in [1.82, 2.24) is 0 Å². The minimum atomic E-state index is -0.684. The summed E-state index contributed by atoms with van der Waals surface area (Å²) in [7, 11) is 0. The van der Waals surface area contributed by atoms with Crippen LogP contribution in [0.25, 0.3) is 0 Å².